The van der Waals surface area contributed by atoms with Gasteiger partial charge in [-0.1, -0.05) is 37.6 Å². The number of aryl methyl sites for hydroxylation is 1. The van der Waals surface area contributed by atoms with Gasteiger partial charge in [-0.3, -0.25) is 0 Å². The van der Waals surface area contributed by atoms with Crippen molar-refractivity contribution in [3.05, 3.63) is 35.4 Å². The molecule has 98 valence electrons. The summed E-state index contributed by atoms with van der Waals surface area (Å²) in [6.45, 7) is 3.63. The van der Waals surface area contributed by atoms with E-state index in [9.17, 15) is 4.79 Å². The number of hydrogen-bond donors (Lipinski definition) is 2. The first-order chi connectivity index (χ1) is 8.74. The summed E-state index contributed by atoms with van der Waals surface area (Å²) in [6, 6.07) is 8.71. The minimum absolute atomic E-state index is 0.0201. The first-order valence-corrected chi connectivity index (χ1v) is 7.13. The van der Waals surface area contributed by atoms with Crippen LogP contribution in [-0.2, 0) is 6.42 Å². The molecule has 4 heteroatoms. The van der Waals surface area contributed by atoms with Crippen LogP contribution in [0.2, 0.25) is 0 Å². The molecule has 1 unspecified atom stereocenters. The Morgan fingerprint density at radius 1 is 1.39 bits per heavy atom. The molecule has 0 radical (unpaired) electrons. The van der Waals surface area contributed by atoms with Crippen LogP contribution in [0.15, 0.2) is 24.3 Å². The number of nitrogens with zero attached hydrogens (tertiary/aromatic N) is 1. The van der Waals surface area contributed by atoms with E-state index >= 15 is 0 Å². The monoisotopic (exact) mass is 264 g/mol. The van der Waals surface area contributed by atoms with E-state index < -0.39 is 0 Å². The van der Waals surface area contributed by atoms with Gasteiger partial charge in [-0.2, -0.15) is 12.6 Å². The van der Waals surface area contributed by atoms with E-state index in [4.69, 9.17) is 0 Å². The molecule has 1 aromatic rings. The van der Waals surface area contributed by atoms with Gasteiger partial charge in [0.15, 0.2) is 0 Å². The third-order valence-electron chi connectivity index (χ3n) is 3.28. The SMILES string of the molecule is CCCc1ccc(C2CN(CCS)C(=O)N2)cc1. The van der Waals surface area contributed by atoms with E-state index in [1.165, 1.54) is 11.1 Å². The van der Waals surface area contributed by atoms with Crippen molar-refractivity contribution >= 4 is 18.7 Å². The zero-order chi connectivity index (χ0) is 13.0. The van der Waals surface area contributed by atoms with Crippen molar-refractivity contribution in [1.82, 2.24) is 10.2 Å². The number of nitrogens with one attached hydrogen (secondary N) is 1. The standard InChI is InChI=1S/C14H20N2OS/c1-2-3-11-4-6-12(7-5-11)13-10-16(8-9-18)14(17)15-13/h4-7,13,18H,2-3,8-10H2,1H3,(H,15,17). The van der Waals surface area contributed by atoms with E-state index in [1.54, 1.807) is 0 Å². The third-order valence-corrected chi connectivity index (χ3v) is 3.48. The fourth-order valence-corrected chi connectivity index (χ4v) is 2.54. The average molecular weight is 264 g/mol. The molecule has 0 aromatic heterocycles. The molecule has 1 saturated heterocycles. The molecule has 0 saturated carbocycles. The van der Waals surface area contributed by atoms with Gasteiger partial charge in [-0.25, -0.2) is 4.79 Å². The number of benzene rings is 1. The third kappa shape index (κ3) is 2.99. The zero-order valence-corrected chi connectivity index (χ0v) is 11.6. The van der Waals surface area contributed by atoms with Crippen LogP contribution in [-0.4, -0.2) is 29.8 Å². The molecule has 0 bridgehead atoms. The number of amides is 2. The Balaban J connectivity index is 2.02. The second-order valence-electron chi connectivity index (χ2n) is 4.66. The van der Waals surface area contributed by atoms with Crippen LogP contribution >= 0.6 is 12.6 Å². The Kier molecular flexibility index (Phi) is 4.53. The number of carbonyl (C=O) groups is 1. The lowest BCUT2D eigenvalue weighted by Crippen LogP contribution is -2.29. The molecular weight excluding hydrogens is 244 g/mol. The summed E-state index contributed by atoms with van der Waals surface area (Å²) >= 11 is 4.17. The number of hydrogen-bond acceptors (Lipinski definition) is 2. The molecule has 1 fully saturated rings. The number of carbonyl (C=O) groups excluding carboxylic acids is 1. The Morgan fingerprint density at radius 2 is 2.11 bits per heavy atom. The van der Waals surface area contributed by atoms with Crippen LogP contribution in [0, 0.1) is 0 Å². The van der Waals surface area contributed by atoms with Crippen LogP contribution in [0.3, 0.4) is 0 Å². The maximum atomic E-state index is 11.7. The maximum absolute atomic E-state index is 11.7. The molecule has 2 rings (SSSR count). The van der Waals surface area contributed by atoms with Crippen molar-refractivity contribution in [1.29, 1.82) is 0 Å². The highest BCUT2D eigenvalue weighted by atomic mass is 32.1. The molecule has 1 N–H and O–H groups in total. The van der Waals surface area contributed by atoms with Crippen LogP contribution < -0.4 is 5.32 Å². The van der Waals surface area contributed by atoms with E-state index in [0.29, 0.717) is 12.3 Å². The summed E-state index contributed by atoms with van der Waals surface area (Å²) in [6.07, 6.45) is 2.28. The van der Waals surface area contributed by atoms with Crippen LogP contribution in [0.25, 0.3) is 0 Å². The minimum Gasteiger partial charge on any atom is -0.329 e. The van der Waals surface area contributed by atoms with Crippen molar-refractivity contribution < 1.29 is 4.79 Å². The summed E-state index contributed by atoms with van der Waals surface area (Å²) in [4.78, 5) is 13.5. The number of thiol groups is 1. The predicted octanol–water partition coefficient (Wildman–Crippen LogP) is 2.64. The Morgan fingerprint density at radius 3 is 2.72 bits per heavy atom. The van der Waals surface area contributed by atoms with Crippen molar-refractivity contribution in [2.75, 3.05) is 18.8 Å². The zero-order valence-electron chi connectivity index (χ0n) is 10.7. The van der Waals surface area contributed by atoms with Gasteiger partial charge in [-0.15, -0.1) is 0 Å². The molecule has 3 nitrogen and oxygen atoms in total. The second-order valence-corrected chi connectivity index (χ2v) is 5.11. The normalized spacial score (nSPS) is 19.1. The molecule has 1 aliphatic heterocycles. The lowest BCUT2D eigenvalue weighted by Gasteiger charge is -2.13. The first kappa shape index (κ1) is 13.3. The minimum atomic E-state index is 0.0201. The largest absolute Gasteiger partial charge is 0.329 e. The van der Waals surface area contributed by atoms with E-state index in [2.05, 4.69) is 49.1 Å². The Hall–Kier alpha value is -1.16. The molecule has 1 atom stereocenters. The molecule has 0 aliphatic carbocycles. The van der Waals surface area contributed by atoms with E-state index in [1.807, 2.05) is 4.90 Å². The topological polar surface area (TPSA) is 32.3 Å². The highest BCUT2D eigenvalue weighted by Gasteiger charge is 2.28. The number of rotatable bonds is 5. The van der Waals surface area contributed by atoms with Crippen LogP contribution in [0.5, 0.6) is 0 Å². The molecule has 18 heavy (non-hydrogen) atoms. The summed E-state index contributed by atoms with van der Waals surface area (Å²) < 4.78 is 0. The quantitative estimate of drug-likeness (QED) is 0.787. The summed E-state index contributed by atoms with van der Waals surface area (Å²) in [5.41, 5.74) is 2.54. The van der Waals surface area contributed by atoms with Crippen molar-refractivity contribution in [3.63, 3.8) is 0 Å². The molecule has 1 aliphatic rings. The molecule has 0 spiro atoms. The fraction of sp³-hybridized carbons (Fsp3) is 0.500. The van der Waals surface area contributed by atoms with Crippen molar-refractivity contribution in [2.45, 2.75) is 25.8 Å². The summed E-state index contributed by atoms with van der Waals surface area (Å²) in [7, 11) is 0. The maximum Gasteiger partial charge on any atom is 0.318 e. The number of urea groups is 1. The molecule has 2 amide bonds. The smallest absolute Gasteiger partial charge is 0.318 e. The second kappa shape index (κ2) is 6.14. The predicted molar refractivity (Wildman–Crippen MR) is 77.1 cm³/mol. The first-order valence-electron chi connectivity index (χ1n) is 6.49. The highest BCUT2D eigenvalue weighted by Crippen LogP contribution is 2.20. The lowest BCUT2D eigenvalue weighted by molar-refractivity contribution is 0.220. The van der Waals surface area contributed by atoms with Gasteiger partial charge in [0.05, 0.1) is 6.04 Å². The van der Waals surface area contributed by atoms with E-state index in [-0.39, 0.29) is 12.1 Å². The van der Waals surface area contributed by atoms with Crippen molar-refractivity contribution in [3.8, 4) is 0 Å². The molecule has 1 heterocycles. The van der Waals surface area contributed by atoms with Gasteiger partial charge in [0.1, 0.15) is 0 Å². The van der Waals surface area contributed by atoms with E-state index in [0.717, 1.165) is 19.4 Å². The van der Waals surface area contributed by atoms with Crippen LogP contribution in [0.1, 0.15) is 30.5 Å². The average Bonchev–Trinajstić information content (AvgIpc) is 2.73. The molecular formula is C14H20N2OS. The van der Waals surface area contributed by atoms with Crippen LogP contribution in [0.4, 0.5) is 4.79 Å². The summed E-state index contributed by atoms with van der Waals surface area (Å²) in [5.74, 6) is 0.704. The van der Waals surface area contributed by atoms with Gasteiger partial charge in [0.2, 0.25) is 0 Å². The van der Waals surface area contributed by atoms with Gasteiger partial charge < -0.3 is 10.2 Å². The van der Waals surface area contributed by atoms with Crippen molar-refractivity contribution in [2.24, 2.45) is 0 Å². The van der Waals surface area contributed by atoms with Gasteiger partial charge in [0, 0.05) is 18.8 Å². The Labute approximate surface area is 114 Å². The lowest BCUT2D eigenvalue weighted by atomic mass is 10.0. The van der Waals surface area contributed by atoms with Gasteiger partial charge >= 0.3 is 6.03 Å². The molecule has 1 aromatic carbocycles. The summed E-state index contributed by atoms with van der Waals surface area (Å²) in [5, 5.41) is 3.01. The Bertz CT molecular complexity index is 405. The fourth-order valence-electron chi connectivity index (χ4n) is 2.30. The highest BCUT2D eigenvalue weighted by molar-refractivity contribution is 7.80. The van der Waals surface area contributed by atoms with Gasteiger partial charge in [-0.05, 0) is 17.5 Å². The van der Waals surface area contributed by atoms with Gasteiger partial charge in [0.25, 0.3) is 0 Å².